The second kappa shape index (κ2) is 10.2. The molecule has 1 rings (SSSR count). The molecule has 0 spiro atoms. The second-order valence-electron chi connectivity index (χ2n) is 4.71. The van der Waals surface area contributed by atoms with Gasteiger partial charge in [-0.3, -0.25) is 4.79 Å². The Balaban J connectivity index is 1.92. The normalized spacial score (nSPS) is 17.8. The summed E-state index contributed by atoms with van der Waals surface area (Å²) < 4.78 is 9.82. The lowest BCUT2D eigenvalue weighted by molar-refractivity contribution is -0.150. The van der Waals surface area contributed by atoms with E-state index in [0.29, 0.717) is 12.0 Å². The van der Waals surface area contributed by atoms with Crippen LogP contribution in [-0.2, 0) is 19.1 Å². The van der Waals surface area contributed by atoms with E-state index >= 15 is 0 Å². The van der Waals surface area contributed by atoms with Gasteiger partial charge < -0.3 is 9.47 Å². The number of carbonyl (C=O) groups is 2. The van der Waals surface area contributed by atoms with Gasteiger partial charge >= 0.3 is 11.9 Å². The summed E-state index contributed by atoms with van der Waals surface area (Å²) in [6.45, 7) is 5.25. The molecule has 1 fully saturated rings. The zero-order chi connectivity index (χ0) is 14.8. The molecule has 0 aromatic heterocycles. The molecular weight excluding hydrogens is 296 g/mol. The number of hydrogen-bond donors (Lipinski definition) is 0. The Kier molecular flexibility index (Phi) is 8.85. The van der Waals surface area contributed by atoms with Crippen LogP contribution in [0.3, 0.4) is 0 Å². The number of unbranched alkanes of at least 4 members (excludes halogenated alkanes) is 1. The number of ether oxygens (including phenoxy) is 2. The maximum Gasteiger partial charge on any atom is 0.333 e. The lowest BCUT2D eigenvalue weighted by atomic mass is 10.1. The summed E-state index contributed by atoms with van der Waals surface area (Å²) in [6.07, 6.45) is 4.85. The first-order chi connectivity index (χ1) is 9.59. The van der Waals surface area contributed by atoms with Crippen molar-refractivity contribution in [1.82, 2.24) is 0 Å². The van der Waals surface area contributed by atoms with Crippen molar-refractivity contribution in [3.63, 3.8) is 0 Å². The Morgan fingerprint density at radius 3 is 2.65 bits per heavy atom. The van der Waals surface area contributed by atoms with E-state index in [2.05, 4.69) is 6.58 Å². The van der Waals surface area contributed by atoms with Crippen LogP contribution in [0.1, 0.15) is 39.0 Å². The Hall–Kier alpha value is -0.620. The van der Waals surface area contributed by atoms with E-state index in [9.17, 15) is 9.59 Å². The van der Waals surface area contributed by atoms with E-state index in [-0.39, 0.29) is 19.2 Å². The largest absolute Gasteiger partial charge is 0.462 e. The van der Waals surface area contributed by atoms with Crippen LogP contribution in [0.15, 0.2) is 12.2 Å². The highest BCUT2D eigenvalue weighted by atomic mass is 33.1. The van der Waals surface area contributed by atoms with E-state index in [0.717, 1.165) is 18.1 Å². The van der Waals surface area contributed by atoms with Crippen molar-refractivity contribution >= 4 is 33.5 Å². The lowest BCUT2D eigenvalue weighted by Crippen LogP contribution is -2.14. The van der Waals surface area contributed by atoms with Crippen LogP contribution in [0.2, 0.25) is 0 Å². The quantitative estimate of drug-likeness (QED) is 0.281. The minimum atomic E-state index is -0.451. The van der Waals surface area contributed by atoms with Gasteiger partial charge in [-0.1, -0.05) is 34.6 Å². The molecule has 0 saturated carbocycles. The number of carbonyl (C=O) groups excluding carboxylic acids is 2. The Morgan fingerprint density at radius 2 is 2.00 bits per heavy atom. The number of rotatable bonds is 9. The predicted molar refractivity (Wildman–Crippen MR) is 83.7 cm³/mol. The van der Waals surface area contributed by atoms with Crippen LogP contribution in [0, 0.1) is 0 Å². The molecule has 0 aromatic carbocycles. The third-order valence-electron chi connectivity index (χ3n) is 2.81. The highest BCUT2D eigenvalue weighted by Gasteiger charge is 2.15. The molecule has 1 aliphatic rings. The van der Waals surface area contributed by atoms with Crippen LogP contribution in [0.5, 0.6) is 0 Å². The minimum absolute atomic E-state index is 0.0906. The topological polar surface area (TPSA) is 52.6 Å². The van der Waals surface area contributed by atoms with Crippen LogP contribution in [-0.4, -0.2) is 36.2 Å². The minimum Gasteiger partial charge on any atom is -0.462 e. The van der Waals surface area contributed by atoms with Gasteiger partial charge in [-0.15, -0.1) is 0 Å². The SMILES string of the molecule is C=C(C)C(=O)OCCOC(=O)CCCCC1CCSS1. The van der Waals surface area contributed by atoms with E-state index in [1.165, 1.54) is 18.6 Å². The summed E-state index contributed by atoms with van der Waals surface area (Å²) in [4.78, 5) is 22.5. The van der Waals surface area contributed by atoms with Crippen LogP contribution >= 0.6 is 21.6 Å². The second-order valence-corrected chi connectivity index (χ2v) is 7.50. The molecule has 0 amide bonds. The molecule has 1 atom stereocenters. The maximum absolute atomic E-state index is 11.4. The van der Waals surface area contributed by atoms with Gasteiger partial charge in [-0.05, 0) is 26.2 Å². The molecule has 0 aromatic rings. The van der Waals surface area contributed by atoms with Gasteiger partial charge in [0.25, 0.3) is 0 Å². The predicted octanol–water partition coefficient (Wildman–Crippen LogP) is 3.36. The van der Waals surface area contributed by atoms with E-state index in [4.69, 9.17) is 9.47 Å². The fourth-order valence-electron chi connectivity index (χ4n) is 1.69. The molecule has 1 aliphatic heterocycles. The summed E-state index contributed by atoms with van der Waals surface area (Å²) in [5, 5.41) is 0.762. The highest BCUT2D eigenvalue weighted by molar-refractivity contribution is 8.77. The van der Waals surface area contributed by atoms with Crippen molar-refractivity contribution in [2.45, 2.75) is 44.3 Å². The van der Waals surface area contributed by atoms with Gasteiger partial charge in [-0.25, -0.2) is 4.79 Å². The smallest absolute Gasteiger partial charge is 0.333 e. The van der Waals surface area contributed by atoms with Crippen molar-refractivity contribution in [2.75, 3.05) is 19.0 Å². The van der Waals surface area contributed by atoms with Crippen LogP contribution < -0.4 is 0 Å². The van der Waals surface area contributed by atoms with Crippen molar-refractivity contribution in [2.24, 2.45) is 0 Å². The van der Waals surface area contributed by atoms with E-state index in [1.807, 2.05) is 21.6 Å². The zero-order valence-electron chi connectivity index (χ0n) is 11.9. The Bertz CT molecular complexity index is 338. The molecule has 1 heterocycles. The first-order valence-corrected chi connectivity index (χ1v) is 9.24. The summed E-state index contributed by atoms with van der Waals surface area (Å²) in [6, 6.07) is 0. The molecule has 1 unspecified atom stereocenters. The molecule has 0 radical (unpaired) electrons. The number of esters is 2. The first kappa shape index (κ1) is 17.4. The Morgan fingerprint density at radius 1 is 1.25 bits per heavy atom. The summed E-state index contributed by atoms with van der Waals surface area (Å²) >= 11 is 0. The van der Waals surface area contributed by atoms with E-state index < -0.39 is 5.97 Å². The summed E-state index contributed by atoms with van der Waals surface area (Å²) in [5.74, 6) is 0.582. The fraction of sp³-hybridized carbons (Fsp3) is 0.714. The van der Waals surface area contributed by atoms with Gasteiger partial charge in [0.1, 0.15) is 13.2 Å². The zero-order valence-corrected chi connectivity index (χ0v) is 13.5. The molecule has 0 aliphatic carbocycles. The van der Waals surface area contributed by atoms with Crippen LogP contribution in [0.25, 0.3) is 0 Å². The summed E-state index contributed by atoms with van der Waals surface area (Å²) in [7, 11) is 3.91. The molecule has 1 saturated heterocycles. The molecular formula is C14H22O4S2. The average molecular weight is 318 g/mol. The average Bonchev–Trinajstić information content (AvgIpc) is 2.92. The standard InChI is InChI=1S/C14H22O4S2/c1-11(2)14(16)18-9-8-17-13(15)6-4-3-5-12-7-10-19-20-12/h12H,1,3-10H2,2H3. The molecule has 4 nitrogen and oxygen atoms in total. The first-order valence-electron chi connectivity index (χ1n) is 6.86. The van der Waals surface area contributed by atoms with Crippen molar-refractivity contribution in [1.29, 1.82) is 0 Å². The van der Waals surface area contributed by atoms with Gasteiger partial charge in [0, 0.05) is 23.0 Å². The van der Waals surface area contributed by atoms with Gasteiger partial charge in [0.15, 0.2) is 0 Å². The van der Waals surface area contributed by atoms with Gasteiger partial charge in [0.05, 0.1) is 0 Å². The molecule has 0 bridgehead atoms. The lowest BCUT2D eigenvalue weighted by Gasteiger charge is -2.07. The fourth-order valence-corrected chi connectivity index (χ4v) is 4.72. The third-order valence-corrected chi connectivity index (χ3v) is 5.82. The maximum atomic E-state index is 11.4. The third kappa shape index (κ3) is 7.85. The summed E-state index contributed by atoms with van der Waals surface area (Å²) in [5.41, 5.74) is 0.347. The van der Waals surface area contributed by atoms with Crippen molar-refractivity contribution in [3.8, 4) is 0 Å². The van der Waals surface area contributed by atoms with Crippen molar-refractivity contribution in [3.05, 3.63) is 12.2 Å². The highest BCUT2D eigenvalue weighted by Crippen LogP contribution is 2.39. The molecule has 6 heteroatoms. The molecule has 114 valence electrons. The Labute approximate surface area is 128 Å². The monoisotopic (exact) mass is 318 g/mol. The van der Waals surface area contributed by atoms with Crippen LogP contribution in [0.4, 0.5) is 0 Å². The number of hydrogen-bond acceptors (Lipinski definition) is 6. The molecule has 20 heavy (non-hydrogen) atoms. The van der Waals surface area contributed by atoms with Gasteiger partial charge in [-0.2, -0.15) is 0 Å². The molecule has 0 N–H and O–H groups in total. The van der Waals surface area contributed by atoms with Gasteiger partial charge in [0.2, 0.25) is 0 Å². The van der Waals surface area contributed by atoms with Crippen molar-refractivity contribution < 1.29 is 19.1 Å². The van der Waals surface area contributed by atoms with E-state index in [1.54, 1.807) is 6.92 Å².